The third-order valence-corrected chi connectivity index (χ3v) is 3.17. The lowest BCUT2D eigenvalue weighted by Crippen LogP contribution is -2.37. The van der Waals surface area contributed by atoms with Crippen molar-refractivity contribution in [1.29, 1.82) is 0 Å². The number of carbonyl (C=O) groups excluding carboxylic acids is 2. The van der Waals surface area contributed by atoms with Gasteiger partial charge in [-0.15, -0.1) is 0 Å². The summed E-state index contributed by atoms with van der Waals surface area (Å²) in [6.45, 7) is 0.945. The molecule has 1 saturated heterocycles. The fourth-order valence-corrected chi connectivity index (χ4v) is 2.12. The van der Waals surface area contributed by atoms with Crippen molar-refractivity contribution in [3.05, 3.63) is 35.4 Å². The lowest BCUT2D eigenvalue weighted by molar-refractivity contribution is -0.133. The normalized spacial score (nSPS) is 14.4. The van der Waals surface area contributed by atoms with E-state index >= 15 is 0 Å². The van der Waals surface area contributed by atoms with Crippen LogP contribution in [0.2, 0.25) is 0 Å². The van der Waals surface area contributed by atoms with Crippen molar-refractivity contribution < 1.29 is 19.5 Å². The summed E-state index contributed by atoms with van der Waals surface area (Å²) in [4.78, 5) is 35.5. The zero-order valence-electron chi connectivity index (χ0n) is 11.0. The second-order valence-corrected chi connectivity index (χ2v) is 4.70. The van der Waals surface area contributed by atoms with E-state index in [4.69, 9.17) is 5.11 Å². The maximum absolute atomic E-state index is 11.7. The molecule has 0 spiro atoms. The molecular weight excluding hydrogens is 260 g/mol. The maximum atomic E-state index is 11.7. The highest BCUT2D eigenvalue weighted by molar-refractivity contribution is 5.88. The van der Waals surface area contributed by atoms with Crippen LogP contribution in [-0.2, 0) is 16.1 Å². The number of nitrogens with one attached hydrogen (secondary N) is 1. The van der Waals surface area contributed by atoms with Gasteiger partial charge in [-0.2, -0.15) is 0 Å². The summed E-state index contributed by atoms with van der Waals surface area (Å²) < 4.78 is 0. The lowest BCUT2D eigenvalue weighted by atomic mass is 10.1. The average Bonchev–Trinajstić information content (AvgIpc) is 2.82. The molecule has 0 unspecified atom stereocenters. The van der Waals surface area contributed by atoms with Crippen LogP contribution in [0.25, 0.3) is 0 Å². The molecule has 2 rings (SSSR count). The maximum Gasteiger partial charge on any atom is 0.335 e. The van der Waals surface area contributed by atoms with Crippen molar-refractivity contribution in [1.82, 2.24) is 10.2 Å². The van der Waals surface area contributed by atoms with Crippen LogP contribution in [0.15, 0.2) is 24.3 Å². The van der Waals surface area contributed by atoms with Gasteiger partial charge in [0.05, 0.1) is 12.1 Å². The molecule has 1 aliphatic heterocycles. The van der Waals surface area contributed by atoms with Gasteiger partial charge in [0.1, 0.15) is 0 Å². The van der Waals surface area contributed by atoms with E-state index in [-0.39, 0.29) is 30.5 Å². The molecule has 0 atom stereocenters. The minimum Gasteiger partial charge on any atom is -0.478 e. The van der Waals surface area contributed by atoms with Crippen LogP contribution in [-0.4, -0.2) is 40.9 Å². The fourth-order valence-electron chi connectivity index (χ4n) is 2.12. The van der Waals surface area contributed by atoms with E-state index in [0.29, 0.717) is 18.5 Å². The molecule has 2 N–H and O–H groups in total. The molecule has 1 heterocycles. The minimum absolute atomic E-state index is 0.00743. The zero-order valence-corrected chi connectivity index (χ0v) is 11.0. The first-order valence-electron chi connectivity index (χ1n) is 6.43. The van der Waals surface area contributed by atoms with Gasteiger partial charge in [0.2, 0.25) is 11.8 Å². The third kappa shape index (κ3) is 3.57. The summed E-state index contributed by atoms with van der Waals surface area (Å²) in [5, 5.41) is 11.6. The van der Waals surface area contributed by atoms with Crippen molar-refractivity contribution >= 4 is 17.8 Å². The lowest BCUT2D eigenvalue weighted by Gasteiger charge is -2.15. The second-order valence-electron chi connectivity index (χ2n) is 4.70. The van der Waals surface area contributed by atoms with E-state index in [2.05, 4.69) is 5.32 Å². The van der Waals surface area contributed by atoms with Crippen LogP contribution in [0.4, 0.5) is 0 Å². The Balaban J connectivity index is 1.85. The van der Waals surface area contributed by atoms with Crippen LogP contribution in [0.1, 0.15) is 28.8 Å². The number of likely N-dealkylation sites (tertiary alicyclic amines) is 1. The Morgan fingerprint density at radius 2 is 2.15 bits per heavy atom. The van der Waals surface area contributed by atoms with Gasteiger partial charge in [-0.25, -0.2) is 4.79 Å². The average molecular weight is 276 g/mol. The van der Waals surface area contributed by atoms with Crippen molar-refractivity contribution in [3.63, 3.8) is 0 Å². The smallest absolute Gasteiger partial charge is 0.335 e. The molecule has 1 fully saturated rings. The summed E-state index contributed by atoms with van der Waals surface area (Å²) in [6, 6.07) is 6.39. The molecule has 2 amide bonds. The number of hydrogen-bond donors (Lipinski definition) is 2. The van der Waals surface area contributed by atoms with E-state index < -0.39 is 5.97 Å². The Morgan fingerprint density at radius 1 is 1.35 bits per heavy atom. The van der Waals surface area contributed by atoms with Crippen molar-refractivity contribution in [3.8, 4) is 0 Å². The highest BCUT2D eigenvalue weighted by Gasteiger charge is 2.22. The van der Waals surface area contributed by atoms with Crippen LogP contribution in [0.5, 0.6) is 0 Å². The summed E-state index contributed by atoms with van der Waals surface area (Å²) in [6.07, 6.45) is 1.31. The highest BCUT2D eigenvalue weighted by Crippen LogP contribution is 2.09. The van der Waals surface area contributed by atoms with Crippen LogP contribution >= 0.6 is 0 Å². The van der Waals surface area contributed by atoms with Crippen LogP contribution in [0.3, 0.4) is 0 Å². The van der Waals surface area contributed by atoms with Gasteiger partial charge in [-0.05, 0) is 24.1 Å². The molecule has 6 heteroatoms. The number of benzene rings is 1. The quantitative estimate of drug-likeness (QED) is 0.825. The van der Waals surface area contributed by atoms with Gasteiger partial charge in [0.15, 0.2) is 0 Å². The first-order valence-corrected chi connectivity index (χ1v) is 6.43. The Kier molecular flexibility index (Phi) is 4.34. The SMILES string of the molecule is O=C(CN1CCCC1=O)NCc1cccc(C(=O)O)c1. The van der Waals surface area contributed by atoms with Crippen LogP contribution < -0.4 is 5.32 Å². The van der Waals surface area contributed by atoms with Crippen molar-refractivity contribution in [2.24, 2.45) is 0 Å². The number of aromatic carboxylic acids is 1. The van der Waals surface area contributed by atoms with Gasteiger partial charge < -0.3 is 15.3 Å². The molecule has 0 aromatic heterocycles. The number of amides is 2. The molecule has 0 bridgehead atoms. The number of carboxylic acid groups (broad SMARTS) is 1. The second kappa shape index (κ2) is 6.18. The Morgan fingerprint density at radius 3 is 2.80 bits per heavy atom. The van der Waals surface area contributed by atoms with E-state index in [1.807, 2.05) is 0 Å². The molecule has 106 valence electrons. The number of nitrogens with zero attached hydrogens (tertiary/aromatic N) is 1. The number of hydrogen-bond acceptors (Lipinski definition) is 3. The summed E-state index contributed by atoms with van der Waals surface area (Å²) in [5.74, 6) is -1.23. The molecule has 20 heavy (non-hydrogen) atoms. The van der Waals surface area contributed by atoms with E-state index in [9.17, 15) is 14.4 Å². The van der Waals surface area contributed by atoms with E-state index in [1.54, 1.807) is 12.1 Å². The molecular formula is C14H16N2O4. The molecule has 0 saturated carbocycles. The Labute approximate surface area is 116 Å². The summed E-state index contributed by atoms with van der Waals surface area (Å²) >= 11 is 0. The molecule has 0 radical (unpaired) electrons. The van der Waals surface area contributed by atoms with Gasteiger partial charge >= 0.3 is 5.97 Å². The number of carboxylic acids is 1. The largest absolute Gasteiger partial charge is 0.478 e. The predicted octanol–water partition coefficient (Wildman–Crippen LogP) is 0.623. The molecule has 1 aromatic rings. The Bertz CT molecular complexity index is 542. The van der Waals surface area contributed by atoms with Crippen molar-refractivity contribution in [2.75, 3.05) is 13.1 Å². The first-order chi connectivity index (χ1) is 9.56. The van der Waals surface area contributed by atoms with Crippen LogP contribution in [0, 0.1) is 0 Å². The van der Waals surface area contributed by atoms with E-state index in [0.717, 1.165) is 6.42 Å². The number of carbonyl (C=O) groups is 3. The fraction of sp³-hybridized carbons (Fsp3) is 0.357. The molecule has 1 aromatic carbocycles. The Hall–Kier alpha value is -2.37. The topological polar surface area (TPSA) is 86.7 Å². The minimum atomic E-state index is -0.999. The first kappa shape index (κ1) is 14.0. The predicted molar refractivity (Wildman–Crippen MR) is 71.1 cm³/mol. The van der Waals surface area contributed by atoms with Gasteiger partial charge in [-0.1, -0.05) is 12.1 Å². The van der Waals surface area contributed by atoms with E-state index in [1.165, 1.54) is 17.0 Å². The van der Waals surface area contributed by atoms with Gasteiger partial charge in [-0.3, -0.25) is 9.59 Å². The zero-order chi connectivity index (χ0) is 14.5. The molecule has 6 nitrogen and oxygen atoms in total. The summed E-state index contributed by atoms with van der Waals surface area (Å²) in [5.41, 5.74) is 0.900. The monoisotopic (exact) mass is 276 g/mol. The van der Waals surface area contributed by atoms with Gasteiger partial charge in [0.25, 0.3) is 0 Å². The number of rotatable bonds is 5. The third-order valence-electron chi connectivity index (χ3n) is 3.17. The molecule has 0 aliphatic carbocycles. The molecule has 1 aliphatic rings. The van der Waals surface area contributed by atoms with Gasteiger partial charge in [0, 0.05) is 19.5 Å². The highest BCUT2D eigenvalue weighted by atomic mass is 16.4. The standard InChI is InChI=1S/C14H16N2O4/c17-12(9-16-6-2-5-13(16)18)15-8-10-3-1-4-11(7-10)14(19)20/h1,3-4,7H,2,5-6,8-9H2,(H,15,17)(H,19,20). The van der Waals surface area contributed by atoms with Crippen molar-refractivity contribution in [2.45, 2.75) is 19.4 Å². The summed E-state index contributed by atoms with van der Waals surface area (Å²) in [7, 11) is 0.